The Balaban J connectivity index is 1.35. The van der Waals surface area contributed by atoms with Gasteiger partial charge < -0.3 is 15.5 Å². The molecule has 0 radical (unpaired) electrons. The molecule has 1 unspecified atom stereocenters. The number of amides is 2. The van der Waals surface area contributed by atoms with Gasteiger partial charge in [-0.1, -0.05) is 29.8 Å². The molecule has 2 fully saturated rings. The molecule has 1 aromatic carbocycles. The van der Waals surface area contributed by atoms with Gasteiger partial charge in [-0.05, 0) is 43.0 Å². The lowest BCUT2D eigenvalue weighted by molar-refractivity contribution is -0.137. The second-order valence-corrected chi connectivity index (χ2v) is 8.82. The van der Waals surface area contributed by atoms with Crippen LogP contribution >= 0.6 is 11.6 Å². The van der Waals surface area contributed by atoms with E-state index in [0.717, 1.165) is 18.4 Å². The molecule has 2 aliphatic rings. The number of halogens is 1. The van der Waals surface area contributed by atoms with Crippen LogP contribution < -0.4 is 10.6 Å². The van der Waals surface area contributed by atoms with Crippen LogP contribution in [0, 0.1) is 5.41 Å². The molecular weight excluding hydrogens is 442 g/mol. The van der Waals surface area contributed by atoms with E-state index < -0.39 is 6.04 Å². The topological polar surface area (TPSA) is 115 Å². The zero-order valence-electron chi connectivity index (χ0n) is 18.3. The Hall–Kier alpha value is -3.26. The lowest BCUT2D eigenvalue weighted by atomic mass is 10.1. The van der Waals surface area contributed by atoms with Crippen LogP contribution in [0.15, 0.2) is 42.6 Å². The number of nitrogens with zero attached hydrogens (tertiary/aromatic N) is 2. The Kier molecular flexibility index (Phi) is 6.74. The fourth-order valence-electron chi connectivity index (χ4n) is 4.29. The van der Waals surface area contributed by atoms with Crippen LogP contribution in [0.5, 0.6) is 0 Å². The van der Waals surface area contributed by atoms with E-state index in [1.54, 1.807) is 17.0 Å². The first-order chi connectivity index (χ1) is 15.9. The molecule has 0 spiro atoms. The molecule has 4 rings (SSSR count). The van der Waals surface area contributed by atoms with E-state index in [4.69, 9.17) is 17.0 Å². The molecule has 1 aromatic heterocycles. The van der Waals surface area contributed by atoms with E-state index in [1.807, 2.05) is 24.3 Å². The van der Waals surface area contributed by atoms with E-state index in [2.05, 4.69) is 15.6 Å². The second kappa shape index (κ2) is 9.70. The smallest absolute Gasteiger partial charge is 0.243 e. The molecule has 3 N–H and O–H groups in total. The van der Waals surface area contributed by atoms with Gasteiger partial charge in [-0.2, -0.15) is 0 Å². The molecule has 1 saturated carbocycles. The minimum atomic E-state index is -0.509. The first kappa shape index (κ1) is 22.9. The summed E-state index contributed by atoms with van der Waals surface area (Å²) in [5, 5.41) is 14.7. The van der Waals surface area contributed by atoms with Crippen LogP contribution in [-0.4, -0.2) is 58.4 Å². The highest BCUT2D eigenvalue weighted by atomic mass is 35.5. The zero-order valence-corrected chi connectivity index (χ0v) is 19.1. The molecule has 9 heteroatoms. The summed E-state index contributed by atoms with van der Waals surface area (Å²) in [5.74, 6) is -0.251. The molecule has 1 aliphatic carbocycles. The minimum absolute atomic E-state index is 0.0294. The number of hydrogen-bond acceptors (Lipinski definition) is 6. The number of Topliss-reactive ketones (excluding diaryl/α,β-unsaturated/α-hetero) is 1. The number of carbonyl (C=O) groups excluding carboxylic acids is 3. The van der Waals surface area contributed by atoms with Crippen molar-refractivity contribution in [3.63, 3.8) is 0 Å². The average molecular weight is 468 g/mol. The summed E-state index contributed by atoms with van der Waals surface area (Å²) in [6.45, 7) is 1.74. The van der Waals surface area contributed by atoms with Gasteiger partial charge in [0.2, 0.25) is 11.8 Å². The summed E-state index contributed by atoms with van der Waals surface area (Å²) >= 11 is 6.28. The molecule has 172 valence electrons. The molecule has 2 heterocycles. The van der Waals surface area contributed by atoms with Gasteiger partial charge in [0.1, 0.15) is 17.6 Å². The molecule has 1 aliphatic heterocycles. The lowest BCUT2D eigenvalue weighted by Gasteiger charge is -2.24. The third kappa shape index (κ3) is 5.06. The molecular formula is C24H26ClN5O3. The summed E-state index contributed by atoms with van der Waals surface area (Å²) in [5.41, 5.74) is 1.21. The zero-order chi connectivity index (χ0) is 23.5. The van der Waals surface area contributed by atoms with Crippen LogP contribution in [0.25, 0.3) is 0 Å². The van der Waals surface area contributed by atoms with Gasteiger partial charge in [0.15, 0.2) is 5.78 Å². The molecule has 3 atom stereocenters. The van der Waals surface area contributed by atoms with Gasteiger partial charge in [-0.15, -0.1) is 0 Å². The van der Waals surface area contributed by atoms with E-state index in [9.17, 15) is 14.4 Å². The van der Waals surface area contributed by atoms with Crippen molar-refractivity contribution in [3.8, 4) is 0 Å². The van der Waals surface area contributed by atoms with Crippen LogP contribution in [0.1, 0.15) is 43.2 Å². The van der Waals surface area contributed by atoms with Crippen LogP contribution in [0.3, 0.4) is 0 Å². The standard InChI is InChI=1S/C24H26ClN5O3/c1-14(31)22(26)16-7-4-10-27-23(16)28-13-21(32)30-11-5-9-20(30)24(33)29-19-12-17(19)15-6-2-3-8-18(15)25/h2-4,6-8,10,17,19-20,26H,5,9,11-13H2,1H3,(H,27,28)(H,29,33)/t17-,19?,20-/m0/s1. The number of rotatable bonds is 8. The summed E-state index contributed by atoms with van der Waals surface area (Å²) in [6.07, 6.45) is 3.74. The summed E-state index contributed by atoms with van der Waals surface area (Å²) in [6, 6.07) is 10.4. The highest BCUT2D eigenvalue weighted by molar-refractivity contribution is 6.45. The normalized spacial score (nSPS) is 21.4. The van der Waals surface area contributed by atoms with E-state index in [1.165, 1.54) is 13.1 Å². The van der Waals surface area contributed by atoms with Crippen LogP contribution in [-0.2, 0) is 14.4 Å². The largest absolute Gasteiger partial charge is 0.360 e. The van der Waals surface area contributed by atoms with Gasteiger partial charge in [0.05, 0.1) is 6.54 Å². The minimum Gasteiger partial charge on any atom is -0.360 e. The van der Waals surface area contributed by atoms with Crippen LogP contribution in [0.2, 0.25) is 5.02 Å². The third-order valence-electron chi connectivity index (χ3n) is 6.13. The number of ketones is 1. The molecule has 2 amide bonds. The lowest BCUT2D eigenvalue weighted by Crippen LogP contribution is -2.48. The first-order valence-electron chi connectivity index (χ1n) is 11.0. The maximum Gasteiger partial charge on any atom is 0.243 e. The Morgan fingerprint density at radius 3 is 2.76 bits per heavy atom. The predicted molar refractivity (Wildman–Crippen MR) is 126 cm³/mol. The number of hydrogen-bond donors (Lipinski definition) is 3. The number of aromatic nitrogens is 1. The van der Waals surface area contributed by atoms with E-state index >= 15 is 0 Å². The molecule has 8 nitrogen and oxygen atoms in total. The first-order valence-corrected chi connectivity index (χ1v) is 11.4. The van der Waals surface area contributed by atoms with Crippen molar-refractivity contribution in [2.24, 2.45) is 0 Å². The van der Waals surface area contributed by atoms with Crippen molar-refractivity contribution in [1.82, 2.24) is 15.2 Å². The molecule has 2 aromatic rings. The van der Waals surface area contributed by atoms with Gasteiger partial charge >= 0.3 is 0 Å². The number of pyridine rings is 1. The monoisotopic (exact) mass is 467 g/mol. The quantitative estimate of drug-likeness (QED) is 0.516. The van der Waals surface area contributed by atoms with Crippen molar-refractivity contribution in [2.45, 2.75) is 44.2 Å². The van der Waals surface area contributed by atoms with E-state index in [-0.39, 0.29) is 41.8 Å². The van der Waals surface area contributed by atoms with Gasteiger partial charge in [0, 0.05) is 42.2 Å². The number of benzene rings is 1. The maximum absolute atomic E-state index is 12.9. The van der Waals surface area contributed by atoms with Crippen molar-refractivity contribution in [1.29, 1.82) is 5.41 Å². The number of nitrogens with one attached hydrogen (secondary N) is 3. The van der Waals surface area contributed by atoms with Gasteiger partial charge in [0.25, 0.3) is 0 Å². The summed E-state index contributed by atoms with van der Waals surface area (Å²) in [7, 11) is 0. The fourth-order valence-corrected chi connectivity index (χ4v) is 4.57. The third-order valence-corrected chi connectivity index (χ3v) is 6.48. The van der Waals surface area contributed by atoms with Crippen molar-refractivity contribution < 1.29 is 14.4 Å². The maximum atomic E-state index is 12.9. The van der Waals surface area contributed by atoms with Gasteiger partial charge in [-0.25, -0.2) is 4.98 Å². The summed E-state index contributed by atoms with van der Waals surface area (Å²) < 4.78 is 0. The Bertz CT molecular complexity index is 1110. The van der Waals surface area contributed by atoms with E-state index in [0.29, 0.717) is 29.4 Å². The predicted octanol–water partition coefficient (Wildman–Crippen LogP) is 2.77. The molecule has 0 bridgehead atoms. The highest BCUT2D eigenvalue weighted by Crippen LogP contribution is 2.43. The summed E-state index contributed by atoms with van der Waals surface area (Å²) in [4.78, 5) is 43.2. The van der Waals surface area contributed by atoms with Crippen molar-refractivity contribution in [3.05, 3.63) is 58.7 Å². The van der Waals surface area contributed by atoms with Crippen molar-refractivity contribution >= 4 is 40.7 Å². The van der Waals surface area contributed by atoms with Crippen molar-refractivity contribution in [2.75, 3.05) is 18.4 Å². The van der Waals surface area contributed by atoms with Crippen LogP contribution in [0.4, 0.5) is 5.82 Å². The van der Waals surface area contributed by atoms with Gasteiger partial charge in [-0.3, -0.25) is 19.8 Å². The highest BCUT2D eigenvalue weighted by Gasteiger charge is 2.43. The SMILES string of the molecule is CC(=O)C(=N)c1cccnc1NCC(=O)N1CCC[C@H]1C(=O)NC1C[C@H]1c1ccccc1Cl. The molecule has 1 saturated heterocycles. The fraction of sp³-hybridized carbons (Fsp3) is 0.375. The Morgan fingerprint density at radius 1 is 1.21 bits per heavy atom. The number of carbonyl (C=O) groups is 3. The average Bonchev–Trinajstić information content (AvgIpc) is 3.37. The Morgan fingerprint density at radius 2 is 2.00 bits per heavy atom. The second-order valence-electron chi connectivity index (χ2n) is 8.41. The Labute approximate surface area is 197 Å². The number of anilines is 1. The number of likely N-dealkylation sites (tertiary alicyclic amines) is 1. The molecule has 33 heavy (non-hydrogen) atoms.